The van der Waals surface area contributed by atoms with Crippen molar-refractivity contribution in [1.29, 1.82) is 0 Å². The number of nitrogens with one attached hydrogen (secondary N) is 1. The van der Waals surface area contributed by atoms with Gasteiger partial charge in [0, 0.05) is 58.4 Å². The largest absolute Gasteiger partial charge is 0.469 e. The number of hydrogen-bond acceptors (Lipinski definition) is 5. The third-order valence-electron chi connectivity index (χ3n) is 5.59. The van der Waals surface area contributed by atoms with Crippen LogP contribution >= 0.6 is 24.0 Å². The average molecular weight is 465 g/mol. The minimum Gasteiger partial charge on any atom is -0.469 e. The van der Waals surface area contributed by atoms with Crippen molar-refractivity contribution >= 4 is 35.9 Å². The number of methoxy groups -OCH3 is 1. The second kappa shape index (κ2) is 9.36. The molecule has 0 radical (unpaired) electrons. The molecule has 4 fully saturated rings. The van der Waals surface area contributed by atoms with Gasteiger partial charge < -0.3 is 15.0 Å². The van der Waals surface area contributed by atoms with Gasteiger partial charge in [0.05, 0.1) is 19.6 Å². The number of aliphatic imine (C=N–C) groups is 1. The first-order valence-electron chi connectivity index (χ1n) is 9.19. The number of hydrogen-bond donors (Lipinski definition) is 1. The van der Waals surface area contributed by atoms with Gasteiger partial charge in [-0.3, -0.25) is 19.6 Å². The lowest BCUT2D eigenvalue weighted by atomic mass is 9.99. The summed E-state index contributed by atoms with van der Waals surface area (Å²) in [5, 5.41) is 3.40. The van der Waals surface area contributed by atoms with Gasteiger partial charge in [-0.05, 0) is 12.8 Å². The summed E-state index contributed by atoms with van der Waals surface area (Å²) in [5.74, 6) is 1.07. The van der Waals surface area contributed by atoms with Crippen LogP contribution in [0, 0.1) is 11.8 Å². The molecule has 144 valence electrons. The van der Waals surface area contributed by atoms with Crippen LogP contribution in [0.5, 0.6) is 0 Å². The standard InChI is InChI=1S/C17H31N5O2.HI/c1-4-18-17(22-10-13(2)15(12-22)16(23)24-3)19-9-14-11-20-5-7-21(14)8-6-20;/h13-15H,4-12H2,1-3H3,(H,18,19);1H. The number of ether oxygens (including phenoxy) is 1. The van der Waals surface area contributed by atoms with Crippen molar-refractivity contribution in [3.8, 4) is 0 Å². The van der Waals surface area contributed by atoms with Crippen molar-refractivity contribution < 1.29 is 9.53 Å². The fraction of sp³-hybridized carbons (Fsp3) is 0.882. The van der Waals surface area contributed by atoms with E-state index >= 15 is 0 Å². The van der Waals surface area contributed by atoms with Crippen molar-refractivity contribution in [2.75, 3.05) is 66.0 Å². The molecule has 4 heterocycles. The second-order valence-electron chi connectivity index (χ2n) is 7.20. The van der Waals surface area contributed by atoms with Crippen LogP contribution in [0.25, 0.3) is 0 Å². The number of carbonyl (C=O) groups excluding carboxylic acids is 1. The lowest BCUT2D eigenvalue weighted by Gasteiger charge is -2.47. The Kier molecular flexibility index (Phi) is 7.75. The maximum atomic E-state index is 11.9. The van der Waals surface area contributed by atoms with Gasteiger partial charge in [-0.15, -0.1) is 24.0 Å². The molecule has 0 spiro atoms. The van der Waals surface area contributed by atoms with Gasteiger partial charge in [0.2, 0.25) is 0 Å². The molecule has 8 heteroatoms. The van der Waals surface area contributed by atoms with Crippen LogP contribution in [0.2, 0.25) is 0 Å². The SMILES string of the molecule is CCNC(=NCC1CN2CCN1CC2)N1CC(C)C(C(=O)OC)C1.I. The Morgan fingerprint density at radius 3 is 2.48 bits per heavy atom. The molecule has 0 aromatic heterocycles. The number of nitrogens with zero attached hydrogens (tertiary/aromatic N) is 4. The summed E-state index contributed by atoms with van der Waals surface area (Å²) in [6.07, 6.45) is 0. The molecule has 4 saturated heterocycles. The maximum absolute atomic E-state index is 11.9. The van der Waals surface area contributed by atoms with Crippen LogP contribution in [0.1, 0.15) is 13.8 Å². The summed E-state index contributed by atoms with van der Waals surface area (Å²) < 4.78 is 4.94. The molecule has 0 aromatic carbocycles. The molecule has 2 bridgehead atoms. The molecular weight excluding hydrogens is 433 g/mol. The number of esters is 1. The summed E-state index contributed by atoms with van der Waals surface area (Å²) in [7, 11) is 1.47. The van der Waals surface area contributed by atoms with Crippen molar-refractivity contribution in [2.45, 2.75) is 19.9 Å². The van der Waals surface area contributed by atoms with Crippen LogP contribution in [0.3, 0.4) is 0 Å². The van der Waals surface area contributed by atoms with Gasteiger partial charge >= 0.3 is 5.97 Å². The Labute approximate surface area is 168 Å². The predicted octanol–water partition coefficient (Wildman–Crippen LogP) is 0.311. The zero-order valence-electron chi connectivity index (χ0n) is 15.6. The minimum atomic E-state index is -0.107. The number of piperazine rings is 3. The van der Waals surface area contributed by atoms with E-state index in [0.29, 0.717) is 18.5 Å². The van der Waals surface area contributed by atoms with E-state index in [2.05, 4.69) is 33.9 Å². The van der Waals surface area contributed by atoms with Gasteiger partial charge in [0.15, 0.2) is 5.96 Å². The summed E-state index contributed by atoms with van der Waals surface area (Å²) in [6, 6.07) is 0.526. The van der Waals surface area contributed by atoms with Crippen molar-refractivity contribution in [2.24, 2.45) is 16.8 Å². The number of guanidine groups is 1. The first-order valence-corrected chi connectivity index (χ1v) is 9.19. The molecule has 4 aliphatic heterocycles. The fourth-order valence-electron chi connectivity index (χ4n) is 4.11. The average Bonchev–Trinajstić information content (AvgIpc) is 3.00. The molecule has 3 atom stereocenters. The van der Waals surface area contributed by atoms with Gasteiger partial charge in [-0.1, -0.05) is 6.92 Å². The summed E-state index contributed by atoms with van der Waals surface area (Å²) in [6.45, 7) is 13.3. The molecule has 1 N–H and O–H groups in total. The third-order valence-corrected chi connectivity index (χ3v) is 5.59. The van der Waals surface area contributed by atoms with E-state index in [1.165, 1.54) is 33.3 Å². The zero-order chi connectivity index (χ0) is 17.1. The second-order valence-corrected chi connectivity index (χ2v) is 7.20. The fourth-order valence-corrected chi connectivity index (χ4v) is 4.11. The van der Waals surface area contributed by atoms with Crippen LogP contribution in [0.4, 0.5) is 0 Å². The molecule has 0 amide bonds. The molecule has 25 heavy (non-hydrogen) atoms. The smallest absolute Gasteiger partial charge is 0.310 e. The Bertz CT molecular complexity index is 482. The van der Waals surface area contributed by atoms with Crippen LogP contribution in [0.15, 0.2) is 4.99 Å². The summed E-state index contributed by atoms with van der Waals surface area (Å²) >= 11 is 0. The number of halogens is 1. The number of fused-ring (bicyclic) bond motifs is 3. The van der Waals surface area contributed by atoms with Gasteiger partial charge in [0.1, 0.15) is 0 Å². The Morgan fingerprint density at radius 2 is 1.92 bits per heavy atom. The summed E-state index contributed by atoms with van der Waals surface area (Å²) in [5.41, 5.74) is 0. The first kappa shape index (κ1) is 20.7. The van der Waals surface area contributed by atoms with Crippen LogP contribution in [-0.4, -0.2) is 98.7 Å². The molecule has 0 aromatic rings. The lowest BCUT2D eigenvalue weighted by Crippen LogP contribution is -2.62. The number of carbonyl (C=O) groups is 1. The van der Waals surface area contributed by atoms with Crippen molar-refractivity contribution in [1.82, 2.24) is 20.0 Å². The van der Waals surface area contributed by atoms with E-state index in [0.717, 1.165) is 32.1 Å². The maximum Gasteiger partial charge on any atom is 0.310 e. The monoisotopic (exact) mass is 465 g/mol. The van der Waals surface area contributed by atoms with E-state index in [9.17, 15) is 4.79 Å². The number of rotatable bonds is 4. The van der Waals surface area contributed by atoms with E-state index < -0.39 is 0 Å². The Morgan fingerprint density at radius 1 is 1.20 bits per heavy atom. The number of likely N-dealkylation sites (tertiary alicyclic amines) is 1. The van der Waals surface area contributed by atoms with Gasteiger partial charge in [-0.2, -0.15) is 0 Å². The predicted molar refractivity (Wildman–Crippen MR) is 109 cm³/mol. The first-order chi connectivity index (χ1) is 11.6. The van der Waals surface area contributed by atoms with E-state index in [1.807, 2.05) is 0 Å². The zero-order valence-corrected chi connectivity index (χ0v) is 17.9. The molecule has 4 aliphatic rings. The molecule has 3 unspecified atom stereocenters. The molecular formula is C17H32IN5O2. The normalized spacial score (nSPS) is 34.6. The van der Waals surface area contributed by atoms with Crippen LogP contribution in [-0.2, 0) is 9.53 Å². The highest BCUT2D eigenvalue weighted by atomic mass is 127. The lowest BCUT2D eigenvalue weighted by molar-refractivity contribution is -0.145. The van der Waals surface area contributed by atoms with Crippen LogP contribution < -0.4 is 5.32 Å². The van der Waals surface area contributed by atoms with E-state index in [4.69, 9.17) is 9.73 Å². The van der Waals surface area contributed by atoms with E-state index in [-0.39, 0.29) is 35.9 Å². The van der Waals surface area contributed by atoms with Crippen molar-refractivity contribution in [3.05, 3.63) is 0 Å². The Hall–Kier alpha value is -0.610. The molecule has 7 nitrogen and oxygen atoms in total. The highest BCUT2D eigenvalue weighted by Crippen LogP contribution is 2.24. The van der Waals surface area contributed by atoms with E-state index in [1.54, 1.807) is 0 Å². The highest BCUT2D eigenvalue weighted by Gasteiger charge is 2.37. The quantitative estimate of drug-likeness (QED) is 0.279. The molecule has 0 saturated carbocycles. The highest BCUT2D eigenvalue weighted by molar-refractivity contribution is 14.0. The minimum absolute atomic E-state index is 0. The van der Waals surface area contributed by atoms with Crippen molar-refractivity contribution in [3.63, 3.8) is 0 Å². The molecule has 0 aliphatic carbocycles. The third kappa shape index (κ3) is 4.77. The Balaban J connectivity index is 0.00000225. The van der Waals surface area contributed by atoms with Gasteiger partial charge in [0.25, 0.3) is 0 Å². The molecule has 4 rings (SSSR count). The van der Waals surface area contributed by atoms with Gasteiger partial charge in [-0.25, -0.2) is 0 Å². The topological polar surface area (TPSA) is 60.4 Å². The summed E-state index contributed by atoms with van der Waals surface area (Å²) in [4.78, 5) is 24.1.